The minimum atomic E-state index is -1.16. The van der Waals surface area contributed by atoms with E-state index in [-0.39, 0.29) is 43.3 Å². The predicted octanol–water partition coefficient (Wildman–Crippen LogP) is 3.53. The zero-order valence-electron chi connectivity index (χ0n) is 27.0. The molecule has 4 rings (SSSR count). The minimum Gasteiger partial charge on any atom is -0.497 e. The Hall–Kier alpha value is -4.35. The Kier molecular flexibility index (Phi) is 12.4. The number of aliphatic hydroxyl groups is 1. The standard InChI is InChI=1S/C36H44F2N4O5/c1-24(2)36(40-23-43)14-15-42(35(36)46)32(13-12-25-8-5-4-6-9-25)34(45)41-31(19-27-16-28(37)20-29(38)17-27)33(44)22-39-21-26-10-7-11-30(18-26)47-3/h4-11,16-18,20,23-24,31-33,39,44H,12-15,19,21-22H2,1-3H3,(H,40,43)(H,41,45)/t31-,32?,33+,36-/m0/s1. The summed E-state index contributed by atoms with van der Waals surface area (Å²) in [5.74, 6) is -1.94. The number of nitrogens with zero attached hydrogens (tertiary/aromatic N) is 1. The SMILES string of the molecule is COc1cccc(CNC[C@@H](O)[C@H](Cc2cc(F)cc(F)c2)NC(=O)C(CCc2ccccc2)N2CC[C@](NC=O)(C(C)C)C2=O)c1. The second-order valence-corrected chi connectivity index (χ2v) is 12.3. The number of hydrogen-bond donors (Lipinski definition) is 4. The fourth-order valence-electron chi connectivity index (χ4n) is 6.21. The topological polar surface area (TPSA) is 120 Å². The summed E-state index contributed by atoms with van der Waals surface area (Å²) < 4.78 is 33.6. The second kappa shape index (κ2) is 16.5. The van der Waals surface area contributed by atoms with E-state index in [1.165, 1.54) is 4.90 Å². The van der Waals surface area contributed by atoms with Gasteiger partial charge >= 0.3 is 0 Å². The van der Waals surface area contributed by atoms with Gasteiger partial charge in [0.05, 0.1) is 19.3 Å². The summed E-state index contributed by atoms with van der Waals surface area (Å²) in [6.07, 6.45) is 0.394. The van der Waals surface area contributed by atoms with E-state index in [1.807, 2.05) is 68.4 Å². The molecule has 4 atom stereocenters. The third-order valence-corrected chi connectivity index (χ3v) is 8.91. The van der Waals surface area contributed by atoms with Gasteiger partial charge in [0, 0.05) is 25.7 Å². The van der Waals surface area contributed by atoms with Gasteiger partial charge in [-0.2, -0.15) is 0 Å². The van der Waals surface area contributed by atoms with Crippen LogP contribution in [0.15, 0.2) is 72.8 Å². The first kappa shape index (κ1) is 35.5. The Morgan fingerprint density at radius 1 is 1.02 bits per heavy atom. The van der Waals surface area contributed by atoms with Gasteiger partial charge in [-0.1, -0.05) is 56.3 Å². The molecule has 4 N–H and O–H groups in total. The Balaban J connectivity index is 1.57. The molecule has 1 saturated heterocycles. The smallest absolute Gasteiger partial charge is 0.249 e. The van der Waals surface area contributed by atoms with Crippen molar-refractivity contribution in [1.29, 1.82) is 0 Å². The number of benzene rings is 3. The van der Waals surface area contributed by atoms with Crippen molar-refractivity contribution < 1.29 is 33.0 Å². The number of nitrogens with one attached hydrogen (secondary N) is 3. The van der Waals surface area contributed by atoms with Gasteiger partial charge in [-0.25, -0.2) is 8.78 Å². The number of methoxy groups -OCH3 is 1. The summed E-state index contributed by atoms with van der Waals surface area (Å²) in [4.78, 5) is 41.1. The number of likely N-dealkylation sites (tertiary alicyclic amines) is 1. The quantitative estimate of drug-likeness (QED) is 0.166. The van der Waals surface area contributed by atoms with E-state index in [1.54, 1.807) is 7.11 Å². The molecule has 1 fully saturated rings. The molecular formula is C36H44F2N4O5. The Morgan fingerprint density at radius 2 is 1.72 bits per heavy atom. The van der Waals surface area contributed by atoms with E-state index in [4.69, 9.17) is 4.74 Å². The number of ether oxygens (including phenoxy) is 1. The van der Waals surface area contributed by atoms with Crippen molar-refractivity contribution in [2.75, 3.05) is 20.2 Å². The molecule has 3 aromatic rings. The highest BCUT2D eigenvalue weighted by Crippen LogP contribution is 2.32. The first-order chi connectivity index (χ1) is 22.6. The van der Waals surface area contributed by atoms with E-state index in [9.17, 15) is 28.3 Å². The second-order valence-electron chi connectivity index (χ2n) is 12.3. The molecule has 1 aliphatic heterocycles. The summed E-state index contributed by atoms with van der Waals surface area (Å²) in [5, 5.41) is 20.2. The lowest BCUT2D eigenvalue weighted by atomic mass is 9.85. The number of hydrogen-bond acceptors (Lipinski definition) is 6. The molecule has 0 bridgehead atoms. The van der Waals surface area contributed by atoms with Gasteiger partial charge in [-0.05, 0) is 72.6 Å². The maximum Gasteiger partial charge on any atom is 0.249 e. The lowest BCUT2D eigenvalue weighted by Gasteiger charge is -2.34. The lowest BCUT2D eigenvalue weighted by molar-refractivity contribution is -0.143. The van der Waals surface area contributed by atoms with Crippen molar-refractivity contribution >= 4 is 18.2 Å². The predicted molar refractivity (Wildman–Crippen MR) is 174 cm³/mol. The average molecular weight is 651 g/mol. The van der Waals surface area contributed by atoms with Crippen LogP contribution < -0.4 is 20.7 Å². The number of rotatable bonds is 17. The molecule has 1 heterocycles. The number of aryl methyl sites for hydroxylation is 1. The normalized spacial score (nSPS) is 18.1. The minimum absolute atomic E-state index is 0.0526. The molecule has 0 aliphatic carbocycles. The highest BCUT2D eigenvalue weighted by molar-refractivity contribution is 5.95. The highest BCUT2D eigenvalue weighted by atomic mass is 19.1. The number of carbonyl (C=O) groups excluding carboxylic acids is 3. The third kappa shape index (κ3) is 9.14. The first-order valence-electron chi connectivity index (χ1n) is 15.9. The van der Waals surface area contributed by atoms with E-state index in [0.717, 1.165) is 29.3 Å². The maximum absolute atomic E-state index is 14.2. The van der Waals surface area contributed by atoms with Crippen molar-refractivity contribution in [3.63, 3.8) is 0 Å². The van der Waals surface area contributed by atoms with Gasteiger partial charge < -0.3 is 30.7 Å². The Labute approximate surface area is 274 Å². The van der Waals surface area contributed by atoms with E-state index >= 15 is 0 Å². The molecule has 47 heavy (non-hydrogen) atoms. The van der Waals surface area contributed by atoms with E-state index in [0.29, 0.717) is 31.5 Å². The van der Waals surface area contributed by atoms with Crippen LogP contribution in [0.3, 0.4) is 0 Å². The van der Waals surface area contributed by atoms with Crippen LogP contribution in [0.2, 0.25) is 0 Å². The van der Waals surface area contributed by atoms with Crippen LogP contribution in [0.5, 0.6) is 5.75 Å². The number of carbonyl (C=O) groups is 3. The molecule has 0 saturated carbocycles. The fourth-order valence-corrected chi connectivity index (χ4v) is 6.21. The fraction of sp³-hybridized carbons (Fsp3) is 0.417. The van der Waals surface area contributed by atoms with E-state index < -0.39 is 41.3 Å². The van der Waals surface area contributed by atoms with Crippen LogP contribution in [0.1, 0.15) is 43.4 Å². The van der Waals surface area contributed by atoms with E-state index in [2.05, 4.69) is 16.0 Å². The first-order valence-corrected chi connectivity index (χ1v) is 15.9. The zero-order chi connectivity index (χ0) is 34.0. The van der Waals surface area contributed by atoms with Crippen LogP contribution in [0, 0.1) is 17.6 Å². The van der Waals surface area contributed by atoms with Crippen LogP contribution in [0.25, 0.3) is 0 Å². The number of aliphatic hydroxyl groups excluding tert-OH is 1. The molecule has 0 spiro atoms. The molecule has 11 heteroatoms. The summed E-state index contributed by atoms with van der Waals surface area (Å²) >= 11 is 0. The van der Waals surface area contributed by atoms with Gasteiger partial charge in [0.2, 0.25) is 18.2 Å². The molecule has 3 aromatic carbocycles. The molecule has 0 aromatic heterocycles. The van der Waals surface area contributed by atoms with Crippen molar-refractivity contribution in [3.05, 3.63) is 101 Å². The zero-order valence-corrected chi connectivity index (χ0v) is 27.0. The highest BCUT2D eigenvalue weighted by Gasteiger charge is 2.51. The molecule has 252 valence electrons. The monoisotopic (exact) mass is 650 g/mol. The van der Waals surface area contributed by atoms with Gasteiger partial charge in [0.1, 0.15) is 29.0 Å². The average Bonchev–Trinajstić information content (AvgIpc) is 3.37. The lowest BCUT2D eigenvalue weighted by Crippen LogP contribution is -2.59. The van der Waals surface area contributed by atoms with Gasteiger partial charge in [0.25, 0.3) is 0 Å². The largest absolute Gasteiger partial charge is 0.497 e. The van der Waals surface area contributed by atoms with Crippen LogP contribution >= 0.6 is 0 Å². The molecule has 3 amide bonds. The number of amides is 3. The van der Waals surface area contributed by atoms with Crippen molar-refractivity contribution in [2.24, 2.45) is 5.92 Å². The molecule has 1 unspecified atom stereocenters. The third-order valence-electron chi connectivity index (χ3n) is 8.91. The van der Waals surface area contributed by atoms with Crippen LogP contribution in [0.4, 0.5) is 8.78 Å². The van der Waals surface area contributed by atoms with Crippen molar-refractivity contribution in [2.45, 2.75) is 69.8 Å². The van der Waals surface area contributed by atoms with Gasteiger partial charge in [-0.15, -0.1) is 0 Å². The summed E-state index contributed by atoms with van der Waals surface area (Å²) in [6.45, 7) is 4.39. The van der Waals surface area contributed by atoms with Gasteiger partial charge in [-0.3, -0.25) is 14.4 Å². The summed E-state index contributed by atoms with van der Waals surface area (Å²) in [7, 11) is 1.57. The molecule has 0 radical (unpaired) electrons. The van der Waals surface area contributed by atoms with Crippen molar-refractivity contribution in [3.8, 4) is 5.75 Å². The molecule has 9 nitrogen and oxygen atoms in total. The molecule has 1 aliphatic rings. The van der Waals surface area contributed by atoms with Crippen LogP contribution in [-0.4, -0.2) is 72.2 Å². The van der Waals surface area contributed by atoms with Gasteiger partial charge in [0.15, 0.2) is 0 Å². The van der Waals surface area contributed by atoms with Crippen molar-refractivity contribution in [1.82, 2.24) is 20.9 Å². The summed E-state index contributed by atoms with van der Waals surface area (Å²) in [6, 6.07) is 18.2. The Bertz CT molecular complexity index is 1490. The Morgan fingerprint density at radius 3 is 2.38 bits per heavy atom. The number of halogens is 2. The summed E-state index contributed by atoms with van der Waals surface area (Å²) in [5.41, 5.74) is 1.00. The maximum atomic E-state index is 14.2. The van der Waals surface area contributed by atoms with Crippen LogP contribution in [-0.2, 0) is 33.8 Å². The molecular weight excluding hydrogens is 606 g/mol.